The molecule has 0 amide bonds. The van der Waals surface area contributed by atoms with Gasteiger partial charge in [0.15, 0.2) is 0 Å². The third-order valence-electron chi connectivity index (χ3n) is 2.09. The largest absolute Gasteiger partial charge is 0.481 e. The lowest BCUT2D eigenvalue weighted by Crippen LogP contribution is -2.18. The summed E-state index contributed by atoms with van der Waals surface area (Å²) in [6.07, 6.45) is 0. The van der Waals surface area contributed by atoms with Gasteiger partial charge < -0.3 is 5.11 Å². The van der Waals surface area contributed by atoms with E-state index in [0.29, 0.717) is 5.82 Å². The Kier molecular flexibility index (Phi) is 2.50. The predicted octanol–water partition coefficient (Wildman–Crippen LogP) is -0.0778. The van der Waals surface area contributed by atoms with Crippen molar-refractivity contribution in [1.29, 1.82) is 0 Å². The zero-order valence-corrected chi connectivity index (χ0v) is 7.37. The van der Waals surface area contributed by atoms with E-state index >= 15 is 0 Å². The summed E-state index contributed by atoms with van der Waals surface area (Å²) in [7, 11) is 0. The van der Waals surface area contributed by atoms with Crippen LogP contribution in [0.15, 0.2) is 4.79 Å². The Morgan fingerprint density at radius 1 is 1.54 bits per heavy atom. The molecule has 3 N–H and O–H groups in total. The van der Waals surface area contributed by atoms with E-state index in [1.807, 2.05) is 0 Å². The third-order valence-corrected chi connectivity index (χ3v) is 2.09. The summed E-state index contributed by atoms with van der Waals surface area (Å²) < 4.78 is 0. The lowest BCUT2D eigenvalue weighted by Gasteiger charge is -2.11. The van der Waals surface area contributed by atoms with Gasteiger partial charge in [-0.05, 0) is 0 Å². The van der Waals surface area contributed by atoms with E-state index < -0.39 is 17.6 Å². The molecule has 0 spiro atoms. The number of aromatic nitrogens is 3. The van der Waals surface area contributed by atoms with Crippen LogP contribution in [0.1, 0.15) is 25.6 Å². The van der Waals surface area contributed by atoms with Crippen molar-refractivity contribution in [2.24, 2.45) is 5.92 Å². The number of nitrogens with one attached hydrogen (secondary N) is 2. The SMILES string of the molecule is CC(C(=O)O)C(C)c1n[nH]c(=O)[nH]1. The van der Waals surface area contributed by atoms with E-state index in [1.165, 1.54) is 0 Å². The Balaban J connectivity index is 2.84. The van der Waals surface area contributed by atoms with E-state index in [-0.39, 0.29) is 5.92 Å². The number of nitrogens with zero attached hydrogens (tertiary/aromatic N) is 1. The van der Waals surface area contributed by atoms with Crippen LogP contribution in [-0.2, 0) is 4.79 Å². The summed E-state index contributed by atoms with van der Waals surface area (Å²) in [5.74, 6) is -1.41. The molecule has 1 aromatic heterocycles. The minimum Gasteiger partial charge on any atom is -0.481 e. The van der Waals surface area contributed by atoms with Crippen LogP contribution in [0.3, 0.4) is 0 Å². The van der Waals surface area contributed by atoms with Gasteiger partial charge in [0, 0.05) is 5.92 Å². The maximum atomic E-state index is 10.7. The molecule has 6 nitrogen and oxygen atoms in total. The first kappa shape index (κ1) is 9.50. The second-order valence-corrected chi connectivity index (χ2v) is 2.98. The van der Waals surface area contributed by atoms with Gasteiger partial charge in [-0.2, -0.15) is 5.10 Å². The highest BCUT2D eigenvalue weighted by molar-refractivity contribution is 5.70. The number of carboxylic acids is 1. The van der Waals surface area contributed by atoms with Gasteiger partial charge in [0.1, 0.15) is 5.82 Å². The summed E-state index contributed by atoms with van der Waals surface area (Å²) in [4.78, 5) is 23.7. The molecule has 0 radical (unpaired) electrons. The number of carboxylic acid groups (broad SMARTS) is 1. The normalized spacial score (nSPS) is 15.2. The monoisotopic (exact) mass is 185 g/mol. The average molecular weight is 185 g/mol. The molecule has 1 aromatic rings. The van der Waals surface area contributed by atoms with Crippen LogP contribution in [0.25, 0.3) is 0 Å². The van der Waals surface area contributed by atoms with Crippen molar-refractivity contribution in [2.45, 2.75) is 19.8 Å². The summed E-state index contributed by atoms with van der Waals surface area (Å²) >= 11 is 0. The molecular weight excluding hydrogens is 174 g/mol. The average Bonchev–Trinajstić information content (AvgIpc) is 2.49. The highest BCUT2D eigenvalue weighted by Crippen LogP contribution is 2.19. The maximum absolute atomic E-state index is 10.7. The summed E-state index contributed by atoms with van der Waals surface area (Å²) in [5.41, 5.74) is -0.417. The lowest BCUT2D eigenvalue weighted by molar-refractivity contribution is -0.141. The number of carbonyl (C=O) groups is 1. The zero-order chi connectivity index (χ0) is 10.0. The molecule has 0 aliphatic carbocycles. The summed E-state index contributed by atoms with van der Waals surface area (Å²) in [5, 5.41) is 14.5. The highest BCUT2D eigenvalue weighted by Gasteiger charge is 2.23. The van der Waals surface area contributed by atoms with Crippen molar-refractivity contribution in [3.8, 4) is 0 Å². The second-order valence-electron chi connectivity index (χ2n) is 2.98. The number of aromatic amines is 2. The molecule has 6 heteroatoms. The van der Waals surface area contributed by atoms with E-state index in [1.54, 1.807) is 13.8 Å². The first-order chi connectivity index (χ1) is 6.02. The number of rotatable bonds is 3. The molecule has 13 heavy (non-hydrogen) atoms. The molecule has 0 saturated carbocycles. The van der Waals surface area contributed by atoms with Crippen molar-refractivity contribution in [1.82, 2.24) is 15.2 Å². The van der Waals surface area contributed by atoms with Crippen LogP contribution in [0, 0.1) is 5.92 Å². The van der Waals surface area contributed by atoms with Gasteiger partial charge >= 0.3 is 11.7 Å². The minimum absolute atomic E-state index is 0.309. The molecule has 0 saturated heterocycles. The molecule has 2 unspecified atom stereocenters. The molecule has 0 aliphatic rings. The van der Waals surface area contributed by atoms with Crippen molar-refractivity contribution in [3.05, 3.63) is 16.3 Å². The van der Waals surface area contributed by atoms with E-state index in [2.05, 4.69) is 15.2 Å². The molecule has 0 bridgehead atoms. The van der Waals surface area contributed by atoms with Gasteiger partial charge in [-0.15, -0.1) is 0 Å². The van der Waals surface area contributed by atoms with Crippen LogP contribution in [0.5, 0.6) is 0 Å². The van der Waals surface area contributed by atoms with E-state index in [0.717, 1.165) is 0 Å². The Labute approximate surface area is 74.0 Å². The molecule has 0 aliphatic heterocycles. The first-order valence-corrected chi connectivity index (χ1v) is 3.89. The van der Waals surface area contributed by atoms with Crippen molar-refractivity contribution in [3.63, 3.8) is 0 Å². The Morgan fingerprint density at radius 3 is 2.54 bits per heavy atom. The molecule has 0 fully saturated rings. The first-order valence-electron chi connectivity index (χ1n) is 3.89. The topological polar surface area (TPSA) is 98.8 Å². The van der Waals surface area contributed by atoms with Crippen LogP contribution < -0.4 is 5.69 Å². The summed E-state index contributed by atoms with van der Waals surface area (Å²) in [6.45, 7) is 3.27. The predicted molar refractivity (Wildman–Crippen MR) is 44.4 cm³/mol. The minimum atomic E-state index is -0.906. The number of aliphatic carboxylic acids is 1. The van der Waals surface area contributed by atoms with Gasteiger partial charge in [0.25, 0.3) is 0 Å². The molecular formula is C7H11N3O3. The Hall–Kier alpha value is -1.59. The highest BCUT2D eigenvalue weighted by atomic mass is 16.4. The number of hydrogen-bond acceptors (Lipinski definition) is 3. The maximum Gasteiger partial charge on any atom is 0.340 e. The van der Waals surface area contributed by atoms with Crippen LogP contribution in [0.4, 0.5) is 0 Å². The summed E-state index contributed by atoms with van der Waals surface area (Å²) in [6, 6.07) is 0. The fourth-order valence-corrected chi connectivity index (χ4v) is 0.950. The number of hydrogen-bond donors (Lipinski definition) is 3. The zero-order valence-electron chi connectivity index (χ0n) is 7.37. The Morgan fingerprint density at radius 2 is 2.15 bits per heavy atom. The van der Waals surface area contributed by atoms with Crippen LogP contribution in [-0.4, -0.2) is 26.3 Å². The fourth-order valence-electron chi connectivity index (χ4n) is 0.950. The fraction of sp³-hybridized carbons (Fsp3) is 0.571. The van der Waals surface area contributed by atoms with Crippen LogP contribution in [0.2, 0.25) is 0 Å². The molecule has 1 rings (SSSR count). The number of H-pyrrole nitrogens is 2. The van der Waals surface area contributed by atoms with Crippen molar-refractivity contribution in [2.75, 3.05) is 0 Å². The van der Waals surface area contributed by atoms with Crippen molar-refractivity contribution < 1.29 is 9.90 Å². The molecule has 72 valence electrons. The van der Waals surface area contributed by atoms with Crippen LogP contribution >= 0.6 is 0 Å². The van der Waals surface area contributed by atoms with E-state index in [4.69, 9.17) is 5.11 Å². The quantitative estimate of drug-likeness (QED) is 0.613. The van der Waals surface area contributed by atoms with E-state index in [9.17, 15) is 9.59 Å². The van der Waals surface area contributed by atoms with Gasteiger partial charge in [-0.25, -0.2) is 9.89 Å². The van der Waals surface area contributed by atoms with Gasteiger partial charge in [-0.3, -0.25) is 9.78 Å². The second kappa shape index (κ2) is 3.42. The molecule has 0 aromatic carbocycles. The Bertz CT molecular complexity index is 354. The molecule has 1 heterocycles. The lowest BCUT2D eigenvalue weighted by atomic mass is 9.96. The van der Waals surface area contributed by atoms with Gasteiger partial charge in [0.05, 0.1) is 5.92 Å². The van der Waals surface area contributed by atoms with Crippen molar-refractivity contribution >= 4 is 5.97 Å². The van der Waals surface area contributed by atoms with Gasteiger partial charge in [-0.1, -0.05) is 13.8 Å². The third kappa shape index (κ3) is 1.95. The van der Waals surface area contributed by atoms with Gasteiger partial charge in [0.2, 0.25) is 0 Å². The molecule has 2 atom stereocenters. The smallest absolute Gasteiger partial charge is 0.340 e. The standard InChI is InChI=1S/C7H11N3O3/c1-3(4(2)6(11)12)5-8-7(13)10-9-5/h3-4H,1-2H3,(H,11,12)(H2,8,9,10,13).